The molecule has 0 radical (unpaired) electrons. The fourth-order valence-corrected chi connectivity index (χ4v) is 2.49. The molecule has 0 fully saturated rings. The molecule has 2 heterocycles. The number of ether oxygens (including phenoxy) is 2. The van der Waals surface area contributed by atoms with Gasteiger partial charge in [0.25, 0.3) is 0 Å². The largest absolute Gasteiger partial charge is 0.481 e. The maximum absolute atomic E-state index is 11.6. The Bertz CT molecular complexity index is 710. The van der Waals surface area contributed by atoms with Crippen LogP contribution in [0, 0.1) is 6.92 Å². The first kappa shape index (κ1) is 16.8. The second-order valence-corrected chi connectivity index (χ2v) is 5.09. The number of hydrogen-bond acceptors (Lipinski definition) is 6. The molecule has 7 nitrogen and oxygen atoms in total. The molecule has 0 aromatic carbocycles. The van der Waals surface area contributed by atoms with E-state index in [-0.39, 0.29) is 5.97 Å². The zero-order valence-electron chi connectivity index (χ0n) is 14.1. The quantitative estimate of drug-likeness (QED) is 0.822. The monoisotopic (exact) mass is 318 g/mol. The van der Waals surface area contributed by atoms with Crippen molar-refractivity contribution in [2.24, 2.45) is 7.05 Å². The average Bonchev–Trinajstić information content (AvgIpc) is 2.87. The Balaban J connectivity index is 2.19. The Morgan fingerprint density at radius 2 is 2.09 bits per heavy atom. The molecule has 0 amide bonds. The predicted octanol–water partition coefficient (Wildman–Crippen LogP) is 2.09. The van der Waals surface area contributed by atoms with Crippen molar-refractivity contribution in [2.45, 2.75) is 26.8 Å². The van der Waals surface area contributed by atoms with E-state index in [4.69, 9.17) is 9.47 Å². The Hall–Kier alpha value is -2.57. The van der Waals surface area contributed by atoms with Gasteiger partial charge in [-0.15, -0.1) is 0 Å². The summed E-state index contributed by atoms with van der Waals surface area (Å²) in [6, 6.07) is 3.46. The highest BCUT2D eigenvalue weighted by Crippen LogP contribution is 2.23. The van der Waals surface area contributed by atoms with Gasteiger partial charge >= 0.3 is 5.97 Å². The smallest absolute Gasteiger partial charge is 0.339 e. The van der Waals surface area contributed by atoms with E-state index in [2.05, 4.69) is 22.3 Å². The van der Waals surface area contributed by atoms with E-state index in [1.807, 2.05) is 7.05 Å². The van der Waals surface area contributed by atoms with Crippen LogP contribution in [0.2, 0.25) is 0 Å². The summed E-state index contributed by atoms with van der Waals surface area (Å²) in [4.78, 5) is 16.0. The van der Waals surface area contributed by atoms with E-state index in [0.29, 0.717) is 23.6 Å². The maximum atomic E-state index is 11.6. The molecule has 0 aliphatic rings. The minimum Gasteiger partial charge on any atom is -0.481 e. The molecule has 0 unspecified atom stereocenters. The second-order valence-electron chi connectivity index (χ2n) is 5.09. The number of pyridine rings is 1. The summed E-state index contributed by atoms with van der Waals surface area (Å²) in [6.07, 6.45) is 0.821. The molecule has 0 saturated carbocycles. The molecule has 0 atom stereocenters. The lowest BCUT2D eigenvalue weighted by atomic mass is 10.2. The summed E-state index contributed by atoms with van der Waals surface area (Å²) in [5.74, 6) is 1.03. The first-order valence-electron chi connectivity index (χ1n) is 7.40. The Kier molecular flexibility index (Phi) is 5.20. The van der Waals surface area contributed by atoms with Gasteiger partial charge < -0.3 is 14.8 Å². The van der Waals surface area contributed by atoms with Crippen molar-refractivity contribution >= 4 is 11.8 Å². The third kappa shape index (κ3) is 3.44. The zero-order chi connectivity index (χ0) is 17.0. The molecule has 1 N–H and O–H groups in total. The number of nitrogens with zero attached hydrogens (tertiary/aromatic N) is 3. The van der Waals surface area contributed by atoms with E-state index >= 15 is 0 Å². The van der Waals surface area contributed by atoms with Crippen LogP contribution < -0.4 is 10.1 Å². The van der Waals surface area contributed by atoms with Gasteiger partial charge in [-0.1, -0.05) is 6.92 Å². The second kappa shape index (κ2) is 7.13. The highest BCUT2D eigenvalue weighted by Gasteiger charge is 2.16. The lowest BCUT2D eigenvalue weighted by Gasteiger charge is -2.10. The summed E-state index contributed by atoms with van der Waals surface area (Å²) >= 11 is 0. The molecule has 2 rings (SSSR count). The number of hydrogen-bond donors (Lipinski definition) is 1. The molecule has 0 saturated heterocycles. The third-order valence-electron chi connectivity index (χ3n) is 3.64. The van der Waals surface area contributed by atoms with Crippen molar-refractivity contribution in [2.75, 3.05) is 19.5 Å². The van der Waals surface area contributed by atoms with Crippen molar-refractivity contribution < 1.29 is 14.3 Å². The molecular formula is C16H22N4O3. The SMILES string of the molecule is CCc1nn(C)c(OC)c1CNc1ccc(C(=O)OC)c(C)n1. The average molecular weight is 318 g/mol. The highest BCUT2D eigenvalue weighted by molar-refractivity contribution is 5.90. The molecule has 2 aromatic rings. The number of methoxy groups -OCH3 is 2. The molecule has 0 bridgehead atoms. The summed E-state index contributed by atoms with van der Waals surface area (Å²) in [7, 11) is 4.84. The number of carbonyl (C=O) groups is 1. The fourth-order valence-electron chi connectivity index (χ4n) is 2.49. The number of carbonyl (C=O) groups excluding carboxylic acids is 1. The number of esters is 1. The van der Waals surface area contributed by atoms with E-state index in [0.717, 1.165) is 23.6 Å². The number of nitrogens with one attached hydrogen (secondary N) is 1. The van der Waals surface area contributed by atoms with Gasteiger partial charge in [0.05, 0.1) is 36.7 Å². The van der Waals surface area contributed by atoms with Crippen LogP contribution in [0.15, 0.2) is 12.1 Å². The van der Waals surface area contributed by atoms with Crippen molar-refractivity contribution in [1.82, 2.24) is 14.8 Å². The lowest BCUT2D eigenvalue weighted by Crippen LogP contribution is -2.09. The molecule has 0 aliphatic heterocycles. The molecule has 7 heteroatoms. The number of aromatic nitrogens is 3. The van der Waals surface area contributed by atoms with Crippen LogP contribution in [0.3, 0.4) is 0 Å². The Morgan fingerprint density at radius 3 is 2.65 bits per heavy atom. The van der Waals surface area contributed by atoms with Crippen molar-refractivity contribution in [3.8, 4) is 5.88 Å². The van der Waals surface area contributed by atoms with Crippen LogP contribution in [-0.2, 0) is 24.8 Å². The van der Waals surface area contributed by atoms with Gasteiger partial charge in [-0.2, -0.15) is 5.10 Å². The van der Waals surface area contributed by atoms with E-state index in [1.54, 1.807) is 30.8 Å². The van der Waals surface area contributed by atoms with Gasteiger partial charge in [-0.3, -0.25) is 0 Å². The first-order chi connectivity index (χ1) is 11.0. The lowest BCUT2D eigenvalue weighted by molar-refractivity contribution is 0.0599. The van der Waals surface area contributed by atoms with Crippen LogP contribution >= 0.6 is 0 Å². The van der Waals surface area contributed by atoms with Gasteiger partial charge in [-0.05, 0) is 25.5 Å². The maximum Gasteiger partial charge on any atom is 0.339 e. The topological polar surface area (TPSA) is 78.3 Å². The summed E-state index contributed by atoms with van der Waals surface area (Å²) in [5.41, 5.74) is 3.08. The van der Waals surface area contributed by atoms with Crippen molar-refractivity contribution in [3.05, 3.63) is 34.6 Å². The fraction of sp³-hybridized carbons (Fsp3) is 0.438. The third-order valence-corrected chi connectivity index (χ3v) is 3.64. The number of anilines is 1. The molecule has 23 heavy (non-hydrogen) atoms. The minimum absolute atomic E-state index is 0.385. The molecule has 124 valence electrons. The van der Waals surface area contributed by atoms with E-state index < -0.39 is 0 Å². The first-order valence-corrected chi connectivity index (χ1v) is 7.40. The molecule has 2 aromatic heterocycles. The van der Waals surface area contributed by atoms with Gasteiger partial charge in [0.15, 0.2) is 0 Å². The van der Waals surface area contributed by atoms with Crippen molar-refractivity contribution in [1.29, 1.82) is 0 Å². The van der Waals surface area contributed by atoms with Crippen LogP contribution in [0.1, 0.15) is 34.2 Å². The normalized spacial score (nSPS) is 10.5. The summed E-state index contributed by atoms with van der Waals surface area (Å²) in [5, 5.41) is 7.70. The van der Waals surface area contributed by atoms with E-state index in [1.165, 1.54) is 7.11 Å². The highest BCUT2D eigenvalue weighted by atomic mass is 16.5. The van der Waals surface area contributed by atoms with Crippen LogP contribution in [0.4, 0.5) is 5.82 Å². The van der Waals surface area contributed by atoms with Crippen LogP contribution in [0.5, 0.6) is 5.88 Å². The van der Waals surface area contributed by atoms with Gasteiger partial charge in [-0.25, -0.2) is 14.5 Å². The van der Waals surface area contributed by atoms with Crippen LogP contribution in [0.25, 0.3) is 0 Å². The molecule has 0 aliphatic carbocycles. The van der Waals surface area contributed by atoms with Crippen LogP contribution in [-0.4, -0.2) is 35.0 Å². The van der Waals surface area contributed by atoms with Gasteiger partial charge in [0, 0.05) is 13.6 Å². The Morgan fingerprint density at radius 1 is 1.35 bits per heavy atom. The number of aryl methyl sites for hydroxylation is 3. The van der Waals surface area contributed by atoms with E-state index in [9.17, 15) is 4.79 Å². The zero-order valence-corrected chi connectivity index (χ0v) is 14.1. The summed E-state index contributed by atoms with van der Waals surface area (Å²) < 4.78 is 11.9. The van der Waals surface area contributed by atoms with Gasteiger partial charge in [0.1, 0.15) is 5.82 Å². The van der Waals surface area contributed by atoms with Crippen molar-refractivity contribution in [3.63, 3.8) is 0 Å². The van der Waals surface area contributed by atoms with Gasteiger partial charge in [0.2, 0.25) is 5.88 Å². The predicted molar refractivity (Wildman–Crippen MR) is 86.8 cm³/mol. The standard InChI is InChI=1S/C16H22N4O3/c1-6-13-12(15(22-4)20(3)19-13)9-17-14-8-7-11(10(2)18-14)16(21)23-5/h7-8H,6,9H2,1-5H3,(H,17,18). The molecular weight excluding hydrogens is 296 g/mol. The number of rotatable bonds is 6. The Labute approximate surface area is 135 Å². The molecule has 0 spiro atoms. The summed E-state index contributed by atoms with van der Waals surface area (Å²) in [6.45, 7) is 4.38. The minimum atomic E-state index is -0.385.